The molecule has 4 heterocycles. The minimum Gasteiger partial charge on any atom is -0.507 e. The molecule has 2 aromatic rings. The standard InChI is InChI=1S/C24H32N8O3/c33-19-15-17(7-8-18(19)21(35)32-14-9-25-20(34)16-32)26-22-27-23(30-10-3-1-4-11-30)29-24(28-22)31-12-5-2-6-13-31/h7-8,15,33H,1-6,9-14,16H2,(H,25,34)(H,26,27,28,29). The van der Waals surface area contributed by atoms with Gasteiger partial charge in [0.25, 0.3) is 5.91 Å². The van der Waals surface area contributed by atoms with Crippen molar-refractivity contribution in [1.82, 2.24) is 25.2 Å². The van der Waals surface area contributed by atoms with Gasteiger partial charge in [-0.2, -0.15) is 15.0 Å². The summed E-state index contributed by atoms with van der Waals surface area (Å²) in [6.45, 7) is 4.51. The lowest BCUT2D eigenvalue weighted by Crippen LogP contribution is -2.49. The van der Waals surface area contributed by atoms with Gasteiger partial charge in [-0.1, -0.05) is 0 Å². The topological polar surface area (TPSA) is 127 Å². The van der Waals surface area contributed by atoms with E-state index in [0.29, 0.717) is 36.6 Å². The third kappa shape index (κ3) is 5.39. The Balaban J connectivity index is 1.37. The second-order valence-electron chi connectivity index (χ2n) is 9.29. The van der Waals surface area contributed by atoms with Crippen LogP contribution in [0.5, 0.6) is 5.75 Å². The molecule has 3 fully saturated rings. The van der Waals surface area contributed by atoms with Crippen molar-refractivity contribution in [2.24, 2.45) is 0 Å². The first kappa shape index (κ1) is 23.1. The van der Waals surface area contributed by atoms with Crippen LogP contribution in [0.4, 0.5) is 23.5 Å². The number of phenols is 1. The van der Waals surface area contributed by atoms with E-state index in [-0.39, 0.29) is 29.7 Å². The predicted molar refractivity (Wildman–Crippen MR) is 132 cm³/mol. The van der Waals surface area contributed by atoms with Crippen LogP contribution in [0.15, 0.2) is 18.2 Å². The van der Waals surface area contributed by atoms with Crippen LogP contribution < -0.4 is 20.4 Å². The normalized spacial score (nSPS) is 18.9. The van der Waals surface area contributed by atoms with Gasteiger partial charge in [-0.3, -0.25) is 9.59 Å². The molecule has 0 radical (unpaired) electrons. The molecule has 3 aliphatic heterocycles. The second-order valence-corrected chi connectivity index (χ2v) is 9.29. The zero-order chi connectivity index (χ0) is 24.2. The first-order chi connectivity index (χ1) is 17.1. The number of piperazine rings is 1. The third-order valence-electron chi connectivity index (χ3n) is 6.70. The van der Waals surface area contributed by atoms with Crippen LogP contribution in [0.2, 0.25) is 0 Å². The van der Waals surface area contributed by atoms with Crippen LogP contribution in [0.25, 0.3) is 0 Å². The van der Waals surface area contributed by atoms with E-state index < -0.39 is 0 Å². The van der Waals surface area contributed by atoms with Gasteiger partial charge in [0.2, 0.25) is 23.8 Å². The minimum absolute atomic E-state index is 0.0122. The number of hydrogen-bond donors (Lipinski definition) is 3. The van der Waals surface area contributed by atoms with Crippen molar-refractivity contribution in [3.05, 3.63) is 23.8 Å². The Labute approximate surface area is 204 Å². The van der Waals surface area contributed by atoms with Crippen LogP contribution in [0.1, 0.15) is 48.9 Å². The molecule has 186 valence electrons. The van der Waals surface area contributed by atoms with E-state index in [1.54, 1.807) is 12.1 Å². The Morgan fingerprint density at radius 1 is 0.886 bits per heavy atom. The Hall–Kier alpha value is -3.63. The van der Waals surface area contributed by atoms with E-state index in [1.165, 1.54) is 23.8 Å². The maximum Gasteiger partial charge on any atom is 0.258 e. The van der Waals surface area contributed by atoms with Crippen molar-refractivity contribution >= 4 is 35.3 Å². The fourth-order valence-corrected chi connectivity index (χ4v) is 4.78. The van der Waals surface area contributed by atoms with Gasteiger partial charge in [-0.05, 0) is 50.7 Å². The maximum absolute atomic E-state index is 12.8. The van der Waals surface area contributed by atoms with Gasteiger partial charge in [-0.15, -0.1) is 0 Å². The first-order valence-electron chi connectivity index (χ1n) is 12.5. The number of phenolic OH excluding ortho intramolecular Hbond substituents is 1. The molecule has 2 amide bonds. The van der Waals surface area contributed by atoms with Gasteiger partial charge in [0.15, 0.2) is 0 Å². The van der Waals surface area contributed by atoms with Crippen molar-refractivity contribution in [2.75, 3.05) is 60.9 Å². The summed E-state index contributed by atoms with van der Waals surface area (Å²) in [5.74, 6) is 1.01. The molecule has 35 heavy (non-hydrogen) atoms. The van der Waals surface area contributed by atoms with E-state index in [0.717, 1.165) is 51.9 Å². The fourth-order valence-electron chi connectivity index (χ4n) is 4.78. The summed E-state index contributed by atoms with van der Waals surface area (Å²) in [7, 11) is 0. The summed E-state index contributed by atoms with van der Waals surface area (Å²) in [6, 6.07) is 4.76. The molecule has 1 aromatic carbocycles. The minimum atomic E-state index is -0.371. The Bertz CT molecular complexity index is 1050. The Kier molecular flexibility index (Phi) is 6.82. The molecule has 0 spiro atoms. The highest BCUT2D eigenvalue weighted by Gasteiger charge is 2.25. The maximum atomic E-state index is 12.8. The van der Waals surface area contributed by atoms with Gasteiger partial charge in [0.05, 0.1) is 12.1 Å². The average Bonchev–Trinajstić information content (AvgIpc) is 2.89. The second kappa shape index (κ2) is 10.3. The lowest BCUT2D eigenvalue weighted by molar-refractivity contribution is -0.123. The number of piperidine rings is 2. The van der Waals surface area contributed by atoms with Crippen molar-refractivity contribution in [3.8, 4) is 5.75 Å². The molecule has 3 saturated heterocycles. The fraction of sp³-hybridized carbons (Fsp3) is 0.542. The quantitative estimate of drug-likeness (QED) is 0.588. The number of nitrogens with one attached hydrogen (secondary N) is 2. The molecule has 0 bridgehead atoms. The molecule has 3 aliphatic rings. The highest BCUT2D eigenvalue weighted by molar-refractivity contribution is 5.99. The zero-order valence-electron chi connectivity index (χ0n) is 19.9. The molecular weight excluding hydrogens is 448 g/mol. The molecule has 0 saturated carbocycles. The number of carbonyl (C=O) groups excluding carboxylic acids is 2. The number of aromatic hydroxyl groups is 1. The summed E-state index contributed by atoms with van der Waals surface area (Å²) in [6.07, 6.45) is 6.92. The van der Waals surface area contributed by atoms with Crippen molar-refractivity contribution < 1.29 is 14.7 Å². The van der Waals surface area contributed by atoms with Crippen LogP contribution in [-0.4, -0.2) is 82.6 Å². The molecule has 1 aromatic heterocycles. The van der Waals surface area contributed by atoms with E-state index in [2.05, 4.69) is 30.4 Å². The van der Waals surface area contributed by atoms with Crippen molar-refractivity contribution in [1.29, 1.82) is 0 Å². The predicted octanol–water partition coefficient (Wildman–Crippen LogP) is 1.87. The number of anilines is 4. The summed E-state index contributed by atoms with van der Waals surface area (Å²) >= 11 is 0. The smallest absolute Gasteiger partial charge is 0.258 e. The van der Waals surface area contributed by atoms with Gasteiger partial charge >= 0.3 is 0 Å². The Morgan fingerprint density at radius 2 is 1.51 bits per heavy atom. The number of hydrogen-bond acceptors (Lipinski definition) is 9. The molecule has 5 rings (SSSR count). The molecule has 0 aliphatic carbocycles. The number of carbonyl (C=O) groups is 2. The van der Waals surface area contributed by atoms with Crippen LogP contribution in [0.3, 0.4) is 0 Å². The van der Waals surface area contributed by atoms with Gasteiger partial charge in [0, 0.05) is 51.0 Å². The van der Waals surface area contributed by atoms with Gasteiger partial charge in [-0.25, -0.2) is 0 Å². The lowest BCUT2D eigenvalue weighted by Gasteiger charge is -2.30. The average molecular weight is 481 g/mol. The van der Waals surface area contributed by atoms with Crippen LogP contribution in [0, 0.1) is 0 Å². The van der Waals surface area contributed by atoms with E-state index in [1.807, 2.05) is 0 Å². The largest absolute Gasteiger partial charge is 0.507 e. The van der Waals surface area contributed by atoms with Crippen LogP contribution >= 0.6 is 0 Å². The van der Waals surface area contributed by atoms with Crippen LogP contribution in [-0.2, 0) is 4.79 Å². The molecule has 0 unspecified atom stereocenters. The van der Waals surface area contributed by atoms with E-state index >= 15 is 0 Å². The number of benzene rings is 1. The molecule has 0 atom stereocenters. The molecule has 11 nitrogen and oxygen atoms in total. The number of amides is 2. The lowest BCUT2D eigenvalue weighted by atomic mass is 10.1. The summed E-state index contributed by atoms with van der Waals surface area (Å²) < 4.78 is 0. The summed E-state index contributed by atoms with van der Waals surface area (Å²) in [5, 5.41) is 16.5. The number of aromatic nitrogens is 3. The Morgan fingerprint density at radius 3 is 2.09 bits per heavy atom. The first-order valence-corrected chi connectivity index (χ1v) is 12.5. The summed E-state index contributed by atoms with van der Waals surface area (Å²) in [4.78, 5) is 44.4. The van der Waals surface area contributed by atoms with Crippen molar-refractivity contribution in [3.63, 3.8) is 0 Å². The highest BCUT2D eigenvalue weighted by Crippen LogP contribution is 2.27. The molecule has 11 heteroatoms. The number of rotatable bonds is 5. The zero-order valence-corrected chi connectivity index (χ0v) is 19.9. The van der Waals surface area contributed by atoms with Gasteiger partial charge in [0.1, 0.15) is 5.75 Å². The SMILES string of the molecule is O=C1CN(C(=O)c2ccc(Nc3nc(N4CCCCC4)nc(N4CCCCC4)n3)cc2O)CCN1. The van der Waals surface area contributed by atoms with Gasteiger partial charge < -0.3 is 30.4 Å². The number of nitrogens with zero attached hydrogens (tertiary/aromatic N) is 6. The monoisotopic (exact) mass is 480 g/mol. The summed E-state index contributed by atoms with van der Waals surface area (Å²) in [5.41, 5.74) is 0.722. The van der Waals surface area contributed by atoms with Crippen molar-refractivity contribution in [2.45, 2.75) is 38.5 Å². The molecular formula is C24H32N8O3. The highest BCUT2D eigenvalue weighted by atomic mass is 16.3. The van der Waals surface area contributed by atoms with E-state index in [9.17, 15) is 14.7 Å². The molecule has 3 N–H and O–H groups in total. The van der Waals surface area contributed by atoms with E-state index in [4.69, 9.17) is 4.98 Å². The third-order valence-corrected chi connectivity index (χ3v) is 6.70.